The quantitative estimate of drug-likeness (QED) is 0.191. The van der Waals surface area contributed by atoms with Gasteiger partial charge in [-0.25, -0.2) is 9.97 Å². The maximum atomic E-state index is 6.21. The fourth-order valence-electron chi connectivity index (χ4n) is 5.02. The van der Waals surface area contributed by atoms with Crippen LogP contribution in [0.3, 0.4) is 0 Å². The lowest BCUT2D eigenvalue weighted by atomic mass is 9.88. The number of ether oxygens (including phenoxy) is 1. The average molecular weight is 475 g/mol. The van der Waals surface area contributed by atoms with Crippen molar-refractivity contribution in [2.24, 2.45) is 5.92 Å². The molecule has 3 heteroatoms. The van der Waals surface area contributed by atoms with E-state index < -0.39 is 0 Å². The summed E-state index contributed by atoms with van der Waals surface area (Å²) in [5.74, 6) is 2.14. The summed E-state index contributed by atoms with van der Waals surface area (Å²) < 4.78 is 6.21. The Hall–Kier alpha value is -2.42. The molecule has 0 fully saturated rings. The monoisotopic (exact) mass is 474 g/mol. The normalized spacial score (nSPS) is 16.4. The molecular weight excluding hydrogens is 428 g/mol. The predicted octanol–water partition coefficient (Wildman–Crippen LogP) is 9.02. The second-order valence-corrected chi connectivity index (χ2v) is 10.6. The molecule has 1 aromatic carbocycles. The summed E-state index contributed by atoms with van der Waals surface area (Å²) in [6, 6.07) is 8.89. The van der Waals surface area contributed by atoms with Gasteiger partial charge in [0.05, 0.1) is 6.61 Å². The summed E-state index contributed by atoms with van der Waals surface area (Å²) in [6.07, 6.45) is 25.2. The van der Waals surface area contributed by atoms with Crippen LogP contribution in [0.1, 0.15) is 108 Å². The van der Waals surface area contributed by atoms with E-state index in [1.165, 1.54) is 80.9 Å². The molecule has 0 N–H and O–H groups in total. The van der Waals surface area contributed by atoms with Crippen molar-refractivity contribution in [2.75, 3.05) is 6.61 Å². The minimum Gasteiger partial charge on any atom is -0.493 e. The lowest BCUT2D eigenvalue weighted by molar-refractivity contribution is 0.236. The first kappa shape index (κ1) is 27.2. The number of unbranched alkanes of at least 4 members (excludes halogenated alkanes) is 4. The summed E-state index contributed by atoms with van der Waals surface area (Å²) in [5.41, 5.74) is 5.67. The maximum Gasteiger partial charge on any atom is 0.119 e. The molecule has 2 atom stereocenters. The Morgan fingerprint density at radius 2 is 1.83 bits per heavy atom. The van der Waals surface area contributed by atoms with E-state index in [-0.39, 0.29) is 0 Å². The summed E-state index contributed by atoms with van der Waals surface area (Å²) in [4.78, 5) is 8.45. The van der Waals surface area contributed by atoms with Crippen LogP contribution in [0.2, 0.25) is 0 Å². The highest BCUT2D eigenvalue weighted by Gasteiger charge is 2.16. The van der Waals surface area contributed by atoms with Gasteiger partial charge in [-0.1, -0.05) is 74.5 Å². The van der Waals surface area contributed by atoms with Crippen molar-refractivity contribution in [3.8, 4) is 5.75 Å². The van der Waals surface area contributed by atoms with Gasteiger partial charge in [-0.2, -0.15) is 0 Å². The average Bonchev–Trinajstić information content (AvgIpc) is 2.88. The predicted molar refractivity (Wildman–Crippen MR) is 148 cm³/mol. The van der Waals surface area contributed by atoms with Gasteiger partial charge in [0.2, 0.25) is 0 Å². The van der Waals surface area contributed by atoms with E-state index in [1.54, 1.807) is 11.9 Å². The first-order valence-corrected chi connectivity index (χ1v) is 13.9. The fraction of sp³-hybridized carbons (Fsp3) is 0.562. The molecule has 1 aromatic heterocycles. The second kappa shape index (κ2) is 15.5. The van der Waals surface area contributed by atoms with Crippen LogP contribution in [0.5, 0.6) is 5.75 Å². The summed E-state index contributed by atoms with van der Waals surface area (Å²) in [6.45, 7) is 7.46. The third-order valence-corrected chi connectivity index (χ3v) is 7.22. The Balaban J connectivity index is 1.49. The molecular formula is C32H46N2O. The molecule has 0 amide bonds. The number of benzene rings is 1. The van der Waals surface area contributed by atoms with E-state index in [9.17, 15) is 0 Å². The molecule has 1 aliphatic rings. The number of nitrogens with zero attached hydrogens (tertiary/aromatic N) is 2. The standard InChI is InChI=1S/C32H46N2O/c1-4-5-6-7-8-12-31(21-29-22-33-25-34-23-29)30-17-19-32(20-18-30)35-24-28-15-13-27(14-16-28)11-9-10-26(2)3/h10,13,17-20,22-23,25,28,31H,4-9,11-12,14-16,21,24H2,1-3H3. The van der Waals surface area contributed by atoms with Gasteiger partial charge in [-0.15, -0.1) is 0 Å². The van der Waals surface area contributed by atoms with Gasteiger partial charge in [0.15, 0.2) is 0 Å². The van der Waals surface area contributed by atoms with Gasteiger partial charge >= 0.3 is 0 Å². The van der Waals surface area contributed by atoms with Crippen LogP contribution in [0.4, 0.5) is 0 Å². The summed E-state index contributed by atoms with van der Waals surface area (Å²) >= 11 is 0. The van der Waals surface area contributed by atoms with E-state index >= 15 is 0 Å². The van der Waals surface area contributed by atoms with Gasteiger partial charge in [-0.3, -0.25) is 0 Å². The highest BCUT2D eigenvalue weighted by molar-refractivity contribution is 5.30. The zero-order valence-corrected chi connectivity index (χ0v) is 22.3. The smallest absolute Gasteiger partial charge is 0.119 e. The van der Waals surface area contributed by atoms with Crippen molar-refractivity contribution in [1.82, 2.24) is 9.97 Å². The Labute approximate surface area is 214 Å². The van der Waals surface area contributed by atoms with Crippen LogP contribution < -0.4 is 4.74 Å². The summed E-state index contributed by atoms with van der Waals surface area (Å²) in [7, 11) is 0. The van der Waals surface area contributed by atoms with Crippen molar-refractivity contribution < 1.29 is 4.74 Å². The van der Waals surface area contributed by atoms with Gasteiger partial charge < -0.3 is 4.74 Å². The molecule has 2 aromatic rings. The molecule has 0 saturated carbocycles. The van der Waals surface area contributed by atoms with Crippen molar-refractivity contribution in [1.29, 1.82) is 0 Å². The Morgan fingerprint density at radius 3 is 2.51 bits per heavy atom. The molecule has 35 heavy (non-hydrogen) atoms. The van der Waals surface area contributed by atoms with E-state index in [4.69, 9.17) is 4.74 Å². The molecule has 1 aliphatic carbocycles. The van der Waals surface area contributed by atoms with Gasteiger partial charge in [0.1, 0.15) is 12.1 Å². The van der Waals surface area contributed by atoms with E-state index in [1.807, 2.05) is 12.4 Å². The first-order valence-electron chi connectivity index (χ1n) is 13.9. The lowest BCUT2D eigenvalue weighted by Crippen LogP contribution is -2.15. The van der Waals surface area contributed by atoms with E-state index in [0.29, 0.717) is 11.8 Å². The van der Waals surface area contributed by atoms with E-state index in [2.05, 4.69) is 67.2 Å². The van der Waals surface area contributed by atoms with Crippen LogP contribution in [-0.2, 0) is 6.42 Å². The number of aromatic nitrogens is 2. The van der Waals surface area contributed by atoms with Crippen LogP contribution >= 0.6 is 0 Å². The maximum absolute atomic E-state index is 6.21. The van der Waals surface area contributed by atoms with Crippen LogP contribution in [0, 0.1) is 5.92 Å². The molecule has 0 saturated heterocycles. The second-order valence-electron chi connectivity index (χ2n) is 10.6. The molecule has 0 bridgehead atoms. The molecule has 0 radical (unpaired) electrons. The van der Waals surface area contributed by atoms with Crippen LogP contribution in [0.25, 0.3) is 0 Å². The molecule has 190 valence electrons. The third-order valence-electron chi connectivity index (χ3n) is 7.22. The van der Waals surface area contributed by atoms with Crippen molar-refractivity contribution in [3.05, 3.63) is 77.4 Å². The highest BCUT2D eigenvalue weighted by atomic mass is 16.5. The minimum absolute atomic E-state index is 0.505. The van der Waals surface area contributed by atoms with Crippen molar-refractivity contribution >= 4 is 0 Å². The zero-order valence-electron chi connectivity index (χ0n) is 22.3. The molecule has 0 aliphatic heterocycles. The van der Waals surface area contributed by atoms with Crippen LogP contribution in [-0.4, -0.2) is 16.6 Å². The topological polar surface area (TPSA) is 35.0 Å². The van der Waals surface area contributed by atoms with Crippen molar-refractivity contribution in [3.63, 3.8) is 0 Å². The van der Waals surface area contributed by atoms with Crippen molar-refractivity contribution in [2.45, 2.75) is 104 Å². The Bertz CT molecular complexity index is 897. The fourth-order valence-corrected chi connectivity index (χ4v) is 5.02. The molecule has 3 nitrogen and oxygen atoms in total. The van der Waals surface area contributed by atoms with Gasteiger partial charge in [0, 0.05) is 12.4 Å². The van der Waals surface area contributed by atoms with Gasteiger partial charge in [0.25, 0.3) is 0 Å². The molecule has 2 unspecified atom stereocenters. The zero-order chi connectivity index (χ0) is 24.7. The first-order chi connectivity index (χ1) is 17.1. The minimum atomic E-state index is 0.505. The van der Waals surface area contributed by atoms with Gasteiger partial charge in [-0.05, 0) is 93.9 Å². The molecule has 1 heterocycles. The molecule has 3 rings (SSSR count). The number of hydrogen-bond acceptors (Lipinski definition) is 3. The Morgan fingerprint density at radius 1 is 1.06 bits per heavy atom. The highest BCUT2D eigenvalue weighted by Crippen LogP contribution is 2.30. The lowest BCUT2D eigenvalue weighted by Gasteiger charge is -2.22. The summed E-state index contributed by atoms with van der Waals surface area (Å²) in [5, 5.41) is 0. The Kier molecular flexibility index (Phi) is 12.1. The SMILES string of the molecule is CCCCCCCC(Cc1cncnc1)c1ccc(OCC2CC=C(CCC=C(C)C)CC2)cc1. The number of rotatable bonds is 15. The van der Waals surface area contributed by atoms with E-state index in [0.717, 1.165) is 25.2 Å². The third kappa shape index (κ3) is 10.4. The molecule has 0 spiro atoms. The number of hydrogen-bond donors (Lipinski definition) is 0. The largest absolute Gasteiger partial charge is 0.493 e. The van der Waals surface area contributed by atoms with Crippen LogP contribution in [0.15, 0.2) is 66.3 Å². The number of allylic oxidation sites excluding steroid dienone is 4.